The number of halogens is 1. The molecule has 1 aliphatic heterocycles. The highest BCUT2D eigenvalue weighted by Crippen LogP contribution is 2.17. The molecule has 2 aromatic rings. The van der Waals surface area contributed by atoms with E-state index in [4.69, 9.17) is 4.84 Å². The van der Waals surface area contributed by atoms with Crippen molar-refractivity contribution in [3.63, 3.8) is 0 Å². The summed E-state index contributed by atoms with van der Waals surface area (Å²) in [5.41, 5.74) is 4.25. The second kappa shape index (κ2) is 6.71. The van der Waals surface area contributed by atoms with Gasteiger partial charge in [0.25, 0.3) is 0 Å². The van der Waals surface area contributed by atoms with Crippen LogP contribution < -0.4 is 5.32 Å². The lowest BCUT2D eigenvalue weighted by Gasteiger charge is -2.10. The zero-order valence-corrected chi connectivity index (χ0v) is 12.6. The Morgan fingerprint density at radius 2 is 2.05 bits per heavy atom. The minimum Gasteiger partial charge on any atom is -0.390 e. The Hall–Kier alpha value is -2.20. The van der Waals surface area contributed by atoms with Crippen molar-refractivity contribution in [3.05, 3.63) is 71.0 Å². The van der Waals surface area contributed by atoms with E-state index in [2.05, 4.69) is 41.7 Å². The molecular weight excluding hydrogens is 279 g/mol. The smallest absolute Gasteiger partial charge is 0.145 e. The first kappa shape index (κ1) is 14.7. The molecule has 0 saturated carbocycles. The molecule has 114 valence electrons. The van der Waals surface area contributed by atoms with Crippen molar-refractivity contribution in [2.75, 3.05) is 6.54 Å². The molecule has 2 aromatic carbocycles. The van der Waals surface area contributed by atoms with E-state index in [1.165, 1.54) is 17.7 Å². The predicted octanol–water partition coefficient (Wildman–Crippen LogP) is 3.42. The summed E-state index contributed by atoms with van der Waals surface area (Å²) in [7, 11) is 0. The molecule has 0 fully saturated rings. The van der Waals surface area contributed by atoms with Crippen molar-refractivity contribution >= 4 is 5.71 Å². The molecular formula is C18H19FN2O. The molecule has 0 aliphatic carbocycles. The number of hydrogen-bond donors (Lipinski definition) is 1. The van der Waals surface area contributed by atoms with E-state index >= 15 is 0 Å². The third-order valence-electron chi connectivity index (χ3n) is 3.71. The van der Waals surface area contributed by atoms with E-state index in [1.807, 2.05) is 6.07 Å². The van der Waals surface area contributed by atoms with Crippen LogP contribution in [0, 0.1) is 12.7 Å². The normalized spacial score (nSPS) is 17.2. The fourth-order valence-corrected chi connectivity index (χ4v) is 2.48. The Morgan fingerprint density at radius 1 is 1.23 bits per heavy atom. The lowest BCUT2D eigenvalue weighted by Crippen LogP contribution is -2.26. The first-order chi connectivity index (χ1) is 10.7. The van der Waals surface area contributed by atoms with Gasteiger partial charge in [0.1, 0.15) is 11.9 Å². The molecule has 4 heteroatoms. The van der Waals surface area contributed by atoms with E-state index in [9.17, 15) is 4.39 Å². The minimum absolute atomic E-state index is 0.0323. The van der Waals surface area contributed by atoms with Crippen LogP contribution in [0.25, 0.3) is 0 Å². The topological polar surface area (TPSA) is 33.6 Å². The molecule has 1 aliphatic rings. The summed E-state index contributed by atoms with van der Waals surface area (Å²) in [6.07, 6.45) is 0.823. The predicted molar refractivity (Wildman–Crippen MR) is 85.3 cm³/mol. The Morgan fingerprint density at radius 3 is 2.82 bits per heavy atom. The van der Waals surface area contributed by atoms with E-state index in [0.717, 1.165) is 23.3 Å². The van der Waals surface area contributed by atoms with Crippen LogP contribution in [0.4, 0.5) is 4.39 Å². The summed E-state index contributed by atoms with van der Waals surface area (Å²) in [6.45, 7) is 3.38. The van der Waals surface area contributed by atoms with Gasteiger partial charge in [0.2, 0.25) is 0 Å². The van der Waals surface area contributed by atoms with Crippen molar-refractivity contribution in [2.45, 2.75) is 26.0 Å². The van der Waals surface area contributed by atoms with Crippen LogP contribution >= 0.6 is 0 Å². The standard InChI is InChI=1S/C18H19FN2O/c1-13-5-7-15(8-6-13)18-10-17(22-21-18)12-20-11-14-3-2-4-16(19)9-14/h2-9,17,20H,10-12H2,1H3/t17-/m0/s1. The SMILES string of the molecule is Cc1ccc(C2=NO[C@H](CNCc3cccc(F)c3)C2)cc1. The van der Waals surface area contributed by atoms with Gasteiger partial charge in [-0.1, -0.05) is 47.1 Å². The third-order valence-corrected chi connectivity index (χ3v) is 3.71. The molecule has 0 amide bonds. The fraction of sp³-hybridized carbons (Fsp3) is 0.278. The third kappa shape index (κ3) is 3.71. The summed E-state index contributed by atoms with van der Waals surface area (Å²) < 4.78 is 13.1. The Labute approximate surface area is 129 Å². The molecule has 0 bridgehead atoms. The maximum absolute atomic E-state index is 13.1. The summed E-state index contributed by atoms with van der Waals surface area (Å²) in [5.74, 6) is -0.207. The molecule has 1 atom stereocenters. The van der Waals surface area contributed by atoms with Crippen LogP contribution in [0.2, 0.25) is 0 Å². The highest BCUT2D eigenvalue weighted by Gasteiger charge is 2.21. The van der Waals surface area contributed by atoms with Crippen LogP contribution in [-0.4, -0.2) is 18.4 Å². The second-order valence-electron chi connectivity index (χ2n) is 5.60. The van der Waals surface area contributed by atoms with Crippen molar-refractivity contribution < 1.29 is 9.23 Å². The highest BCUT2D eigenvalue weighted by molar-refractivity contribution is 6.01. The molecule has 0 radical (unpaired) electrons. The average molecular weight is 298 g/mol. The molecule has 1 N–H and O–H groups in total. The number of nitrogens with zero attached hydrogens (tertiary/aromatic N) is 1. The molecule has 0 saturated heterocycles. The fourth-order valence-electron chi connectivity index (χ4n) is 2.48. The molecule has 3 rings (SSSR count). The van der Waals surface area contributed by atoms with Gasteiger partial charge in [-0.25, -0.2) is 4.39 Å². The summed E-state index contributed by atoms with van der Waals surface area (Å²) in [5, 5.41) is 7.46. The lowest BCUT2D eigenvalue weighted by atomic mass is 10.0. The van der Waals surface area contributed by atoms with E-state index in [0.29, 0.717) is 13.1 Å². The average Bonchev–Trinajstić information content (AvgIpc) is 2.97. The van der Waals surface area contributed by atoms with Gasteiger partial charge in [-0.05, 0) is 30.2 Å². The Kier molecular flexibility index (Phi) is 4.49. The first-order valence-electron chi connectivity index (χ1n) is 7.45. The lowest BCUT2D eigenvalue weighted by molar-refractivity contribution is 0.0848. The van der Waals surface area contributed by atoms with E-state index < -0.39 is 0 Å². The van der Waals surface area contributed by atoms with Gasteiger partial charge in [-0.15, -0.1) is 0 Å². The van der Waals surface area contributed by atoms with Crippen molar-refractivity contribution in [1.29, 1.82) is 0 Å². The zero-order chi connectivity index (χ0) is 15.4. The monoisotopic (exact) mass is 298 g/mol. The minimum atomic E-state index is -0.207. The Bertz CT molecular complexity index is 667. The maximum atomic E-state index is 13.1. The number of benzene rings is 2. The number of aryl methyl sites for hydroxylation is 1. The maximum Gasteiger partial charge on any atom is 0.145 e. The summed E-state index contributed by atoms with van der Waals surface area (Å²) >= 11 is 0. The van der Waals surface area contributed by atoms with Crippen LogP contribution in [0.3, 0.4) is 0 Å². The molecule has 3 nitrogen and oxygen atoms in total. The van der Waals surface area contributed by atoms with E-state index in [-0.39, 0.29) is 11.9 Å². The van der Waals surface area contributed by atoms with Gasteiger partial charge in [0.15, 0.2) is 0 Å². The van der Waals surface area contributed by atoms with Crippen LogP contribution in [0.15, 0.2) is 53.7 Å². The van der Waals surface area contributed by atoms with Crippen LogP contribution in [-0.2, 0) is 11.4 Å². The Balaban J connectivity index is 1.47. The summed E-state index contributed by atoms with van der Waals surface area (Å²) in [6, 6.07) is 14.9. The number of oxime groups is 1. The van der Waals surface area contributed by atoms with Gasteiger partial charge in [0.05, 0.1) is 5.71 Å². The van der Waals surface area contributed by atoms with Gasteiger partial charge in [-0.3, -0.25) is 0 Å². The molecule has 0 spiro atoms. The van der Waals surface area contributed by atoms with Crippen molar-refractivity contribution in [1.82, 2.24) is 5.32 Å². The highest BCUT2D eigenvalue weighted by atomic mass is 19.1. The number of hydrogen-bond acceptors (Lipinski definition) is 3. The van der Waals surface area contributed by atoms with Crippen LogP contribution in [0.5, 0.6) is 0 Å². The quantitative estimate of drug-likeness (QED) is 0.917. The molecule has 1 heterocycles. The van der Waals surface area contributed by atoms with Crippen LogP contribution in [0.1, 0.15) is 23.1 Å². The first-order valence-corrected chi connectivity index (χ1v) is 7.45. The number of rotatable bonds is 5. The zero-order valence-electron chi connectivity index (χ0n) is 12.6. The van der Waals surface area contributed by atoms with Crippen molar-refractivity contribution in [2.24, 2.45) is 5.16 Å². The largest absolute Gasteiger partial charge is 0.390 e. The molecule has 22 heavy (non-hydrogen) atoms. The van der Waals surface area contributed by atoms with Gasteiger partial charge < -0.3 is 10.2 Å². The van der Waals surface area contributed by atoms with Gasteiger partial charge >= 0.3 is 0 Å². The van der Waals surface area contributed by atoms with Gasteiger partial charge in [-0.2, -0.15) is 0 Å². The van der Waals surface area contributed by atoms with Gasteiger partial charge in [0, 0.05) is 19.5 Å². The van der Waals surface area contributed by atoms with Crippen molar-refractivity contribution in [3.8, 4) is 0 Å². The second-order valence-corrected chi connectivity index (χ2v) is 5.60. The molecule has 0 aromatic heterocycles. The summed E-state index contributed by atoms with van der Waals surface area (Å²) in [4.78, 5) is 5.46. The van der Waals surface area contributed by atoms with E-state index in [1.54, 1.807) is 6.07 Å². The number of nitrogens with one attached hydrogen (secondary N) is 1. The molecule has 0 unspecified atom stereocenters.